The molecule has 0 fully saturated rings. The van der Waals surface area contributed by atoms with Crippen LogP contribution in [0.4, 0.5) is 0 Å². The first-order valence-electron chi connectivity index (χ1n) is 3.18. The van der Waals surface area contributed by atoms with Crippen molar-refractivity contribution in [1.29, 1.82) is 0 Å². The molecule has 0 aliphatic rings. The first-order valence-corrected chi connectivity index (χ1v) is 4.06. The number of rotatable bonds is 1. The molecule has 2 heteroatoms. The maximum Gasteiger partial charge on any atom is 0.160 e. The Labute approximate surface area is 64.7 Å². The van der Waals surface area contributed by atoms with Gasteiger partial charge in [0.25, 0.3) is 0 Å². The average molecular weight is 154 g/mol. The Bertz CT molecular complexity index is 260. The van der Waals surface area contributed by atoms with Crippen molar-refractivity contribution in [2.75, 3.05) is 0 Å². The first-order chi connectivity index (χ1) is 4.63. The van der Waals surface area contributed by atoms with Gasteiger partial charge in [-0.05, 0) is 26.3 Å². The van der Waals surface area contributed by atoms with Crippen LogP contribution in [-0.4, -0.2) is 5.78 Å². The van der Waals surface area contributed by atoms with Crippen LogP contribution in [0.15, 0.2) is 5.38 Å². The highest BCUT2D eigenvalue weighted by atomic mass is 32.1. The summed E-state index contributed by atoms with van der Waals surface area (Å²) in [6.45, 7) is 5.63. The molecule has 0 saturated carbocycles. The van der Waals surface area contributed by atoms with Crippen LogP contribution in [0, 0.1) is 13.8 Å². The van der Waals surface area contributed by atoms with Gasteiger partial charge in [-0.15, -0.1) is 11.3 Å². The van der Waals surface area contributed by atoms with Crippen LogP contribution in [0.5, 0.6) is 0 Å². The van der Waals surface area contributed by atoms with E-state index in [4.69, 9.17) is 0 Å². The molecule has 0 bridgehead atoms. The molecule has 1 heterocycles. The van der Waals surface area contributed by atoms with E-state index < -0.39 is 0 Å². The number of carbonyl (C=O) groups is 1. The fourth-order valence-electron chi connectivity index (χ4n) is 0.861. The van der Waals surface area contributed by atoms with E-state index in [0.29, 0.717) is 0 Å². The van der Waals surface area contributed by atoms with Crippen molar-refractivity contribution in [3.63, 3.8) is 0 Å². The summed E-state index contributed by atoms with van der Waals surface area (Å²) in [5.41, 5.74) is 2.01. The lowest BCUT2D eigenvalue weighted by molar-refractivity contribution is 0.101. The number of hydrogen-bond acceptors (Lipinski definition) is 2. The fourth-order valence-corrected chi connectivity index (χ4v) is 1.78. The largest absolute Gasteiger partial charge is 0.294 e. The van der Waals surface area contributed by atoms with Gasteiger partial charge in [-0.3, -0.25) is 4.79 Å². The molecule has 0 radical (unpaired) electrons. The third kappa shape index (κ3) is 1.12. The Hall–Kier alpha value is -0.630. The van der Waals surface area contributed by atoms with E-state index in [-0.39, 0.29) is 5.78 Å². The normalized spacial score (nSPS) is 9.90. The van der Waals surface area contributed by atoms with E-state index in [2.05, 4.69) is 0 Å². The quantitative estimate of drug-likeness (QED) is 0.568. The van der Waals surface area contributed by atoms with Gasteiger partial charge >= 0.3 is 0 Å². The molecule has 0 saturated heterocycles. The highest BCUT2D eigenvalue weighted by Gasteiger charge is 2.06. The Morgan fingerprint density at radius 1 is 1.50 bits per heavy atom. The average Bonchev–Trinajstić information content (AvgIpc) is 2.14. The molecule has 0 unspecified atom stereocenters. The highest BCUT2D eigenvalue weighted by molar-refractivity contribution is 7.10. The second kappa shape index (κ2) is 2.54. The minimum absolute atomic E-state index is 0.168. The van der Waals surface area contributed by atoms with Crippen LogP contribution in [0.3, 0.4) is 0 Å². The van der Waals surface area contributed by atoms with Gasteiger partial charge in [-0.25, -0.2) is 0 Å². The predicted molar refractivity (Wildman–Crippen MR) is 43.8 cm³/mol. The standard InChI is InChI=1S/C8H10OS/c1-5-7(3)10-4-8(5)6(2)9/h4H,1-3H3. The number of ketones is 1. The van der Waals surface area contributed by atoms with E-state index >= 15 is 0 Å². The number of hydrogen-bond donors (Lipinski definition) is 0. The van der Waals surface area contributed by atoms with Crippen LogP contribution in [-0.2, 0) is 0 Å². The van der Waals surface area contributed by atoms with Crippen LogP contribution < -0.4 is 0 Å². The van der Waals surface area contributed by atoms with Gasteiger partial charge in [0.2, 0.25) is 0 Å². The first kappa shape index (κ1) is 7.48. The Kier molecular flexibility index (Phi) is 1.90. The van der Waals surface area contributed by atoms with Crippen molar-refractivity contribution in [1.82, 2.24) is 0 Å². The summed E-state index contributed by atoms with van der Waals surface area (Å²) in [6, 6.07) is 0. The Balaban J connectivity index is 3.17. The lowest BCUT2D eigenvalue weighted by atomic mass is 10.1. The topological polar surface area (TPSA) is 17.1 Å². The van der Waals surface area contributed by atoms with E-state index in [1.54, 1.807) is 18.3 Å². The monoisotopic (exact) mass is 154 g/mol. The van der Waals surface area contributed by atoms with Crippen molar-refractivity contribution in [3.05, 3.63) is 21.4 Å². The fraction of sp³-hybridized carbons (Fsp3) is 0.375. The summed E-state index contributed by atoms with van der Waals surface area (Å²) in [5, 5.41) is 1.92. The van der Waals surface area contributed by atoms with E-state index in [9.17, 15) is 4.79 Å². The highest BCUT2D eigenvalue weighted by Crippen LogP contribution is 2.20. The second-order valence-electron chi connectivity index (χ2n) is 2.39. The Morgan fingerprint density at radius 3 is 2.30 bits per heavy atom. The molecule has 0 N–H and O–H groups in total. The molecule has 0 aliphatic carbocycles. The van der Waals surface area contributed by atoms with Crippen LogP contribution in [0.1, 0.15) is 27.7 Å². The molecular weight excluding hydrogens is 144 g/mol. The molecular formula is C8H10OS. The smallest absolute Gasteiger partial charge is 0.160 e. The van der Waals surface area contributed by atoms with Gasteiger partial charge in [0.05, 0.1) is 0 Å². The molecule has 0 amide bonds. The zero-order valence-corrected chi connectivity index (χ0v) is 7.21. The second-order valence-corrected chi connectivity index (χ2v) is 3.47. The van der Waals surface area contributed by atoms with Gasteiger partial charge in [-0.2, -0.15) is 0 Å². The molecule has 0 spiro atoms. The van der Waals surface area contributed by atoms with E-state index in [1.165, 1.54) is 4.88 Å². The number of carbonyl (C=O) groups excluding carboxylic acids is 1. The van der Waals surface area contributed by atoms with Crippen molar-refractivity contribution in [3.8, 4) is 0 Å². The van der Waals surface area contributed by atoms with Crippen LogP contribution in [0.2, 0.25) is 0 Å². The Morgan fingerprint density at radius 2 is 2.10 bits per heavy atom. The van der Waals surface area contributed by atoms with Gasteiger partial charge < -0.3 is 0 Å². The van der Waals surface area contributed by atoms with Crippen molar-refractivity contribution < 1.29 is 4.79 Å². The molecule has 0 aromatic carbocycles. The van der Waals surface area contributed by atoms with Gasteiger partial charge in [0.15, 0.2) is 5.78 Å². The lowest BCUT2D eigenvalue weighted by Gasteiger charge is -1.91. The minimum Gasteiger partial charge on any atom is -0.294 e. The van der Waals surface area contributed by atoms with Crippen molar-refractivity contribution in [2.45, 2.75) is 20.8 Å². The number of Topliss-reactive ketones (excluding diaryl/α,β-unsaturated/α-hetero) is 1. The molecule has 10 heavy (non-hydrogen) atoms. The molecule has 1 rings (SSSR count). The summed E-state index contributed by atoms with van der Waals surface area (Å²) in [5.74, 6) is 0.168. The molecule has 0 atom stereocenters. The summed E-state index contributed by atoms with van der Waals surface area (Å²) < 4.78 is 0. The van der Waals surface area contributed by atoms with E-state index in [1.807, 2.05) is 19.2 Å². The van der Waals surface area contributed by atoms with Gasteiger partial charge in [0.1, 0.15) is 0 Å². The number of thiophene rings is 1. The summed E-state index contributed by atoms with van der Waals surface area (Å²) in [7, 11) is 0. The summed E-state index contributed by atoms with van der Waals surface area (Å²) in [6.07, 6.45) is 0. The maximum absolute atomic E-state index is 10.9. The van der Waals surface area contributed by atoms with Gasteiger partial charge in [-0.1, -0.05) is 0 Å². The zero-order valence-electron chi connectivity index (χ0n) is 6.39. The predicted octanol–water partition coefficient (Wildman–Crippen LogP) is 2.57. The van der Waals surface area contributed by atoms with Crippen LogP contribution in [0.25, 0.3) is 0 Å². The lowest BCUT2D eigenvalue weighted by Crippen LogP contribution is -1.91. The third-order valence-electron chi connectivity index (χ3n) is 1.66. The van der Waals surface area contributed by atoms with Crippen molar-refractivity contribution >= 4 is 17.1 Å². The molecule has 1 aromatic rings. The third-order valence-corrected chi connectivity index (χ3v) is 2.68. The van der Waals surface area contributed by atoms with Crippen molar-refractivity contribution in [2.24, 2.45) is 0 Å². The summed E-state index contributed by atoms with van der Waals surface area (Å²) >= 11 is 1.64. The number of aryl methyl sites for hydroxylation is 1. The minimum atomic E-state index is 0.168. The molecule has 1 nitrogen and oxygen atoms in total. The zero-order chi connectivity index (χ0) is 7.72. The van der Waals surface area contributed by atoms with Crippen LogP contribution >= 0.6 is 11.3 Å². The van der Waals surface area contributed by atoms with Gasteiger partial charge in [0, 0.05) is 15.8 Å². The molecule has 54 valence electrons. The summed E-state index contributed by atoms with van der Waals surface area (Å²) in [4.78, 5) is 12.1. The van der Waals surface area contributed by atoms with E-state index in [0.717, 1.165) is 11.1 Å². The SMILES string of the molecule is CC(=O)c1csc(C)c1C. The molecule has 0 aliphatic heterocycles. The maximum atomic E-state index is 10.9. The molecule has 1 aromatic heterocycles.